The third-order valence-corrected chi connectivity index (χ3v) is 3.26. The van der Waals surface area contributed by atoms with E-state index in [4.69, 9.17) is 8.74 Å². The fraction of sp³-hybridized carbons (Fsp3) is 0.429. The molecule has 0 fully saturated rings. The second-order valence-electron chi connectivity index (χ2n) is 4.35. The molecule has 0 aliphatic rings. The first-order chi connectivity index (χ1) is 9.03. The molecule has 1 unspecified atom stereocenters. The van der Waals surface area contributed by atoms with E-state index in [-0.39, 0.29) is 0 Å². The molecule has 5 heteroatoms. The Hall–Kier alpha value is -1.17. The number of hydrogen-bond acceptors (Lipinski definition) is 3. The third kappa shape index (κ3) is 7.10. The molecule has 0 aromatic heterocycles. The summed E-state index contributed by atoms with van der Waals surface area (Å²) in [4.78, 5) is 0. The Morgan fingerprint density at radius 2 is 1.89 bits per heavy atom. The zero-order chi connectivity index (χ0) is 14.1. The zero-order valence-corrected chi connectivity index (χ0v) is 11.7. The molecule has 0 aliphatic carbocycles. The maximum absolute atomic E-state index is 10.9. The SMILES string of the molecule is C=CCCCCCC(OS(=O)(=O)O)c1ccccc1. The van der Waals surface area contributed by atoms with Crippen molar-refractivity contribution in [2.75, 3.05) is 0 Å². The number of hydrogen-bond donors (Lipinski definition) is 1. The summed E-state index contributed by atoms with van der Waals surface area (Å²) in [6.07, 6.45) is 5.59. The van der Waals surface area contributed by atoms with E-state index in [0.29, 0.717) is 6.42 Å². The molecule has 106 valence electrons. The van der Waals surface area contributed by atoms with Gasteiger partial charge in [-0.2, -0.15) is 8.42 Å². The molecular formula is C14H20O4S. The Morgan fingerprint density at radius 1 is 1.21 bits per heavy atom. The number of allylic oxidation sites excluding steroid dienone is 1. The molecule has 0 spiro atoms. The topological polar surface area (TPSA) is 63.6 Å². The van der Waals surface area contributed by atoms with Crippen molar-refractivity contribution in [3.8, 4) is 0 Å². The van der Waals surface area contributed by atoms with Gasteiger partial charge in [-0.25, -0.2) is 4.18 Å². The minimum atomic E-state index is -4.44. The molecule has 0 amide bonds. The smallest absolute Gasteiger partial charge is 0.264 e. The summed E-state index contributed by atoms with van der Waals surface area (Å²) < 4.78 is 35.3. The van der Waals surface area contributed by atoms with Crippen LogP contribution in [0, 0.1) is 0 Å². The molecule has 1 rings (SSSR count). The van der Waals surface area contributed by atoms with Crippen LogP contribution in [-0.2, 0) is 14.6 Å². The molecule has 0 saturated carbocycles. The summed E-state index contributed by atoms with van der Waals surface area (Å²) >= 11 is 0. The summed E-state index contributed by atoms with van der Waals surface area (Å²) in [7, 11) is -4.44. The van der Waals surface area contributed by atoms with Gasteiger partial charge in [0, 0.05) is 0 Å². The lowest BCUT2D eigenvalue weighted by Crippen LogP contribution is -2.11. The van der Waals surface area contributed by atoms with Crippen molar-refractivity contribution in [2.45, 2.75) is 38.2 Å². The van der Waals surface area contributed by atoms with Crippen LogP contribution in [0.15, 0.2) is 43.0 Å². The number of unbranched alkanes of at least 4 members (excludes halogenated alkanes) is 3. The van der Waals surface area contributed by atoms with Gasteiger partial charge >= 0.3 is 10.4 Å². The molecule has 1 atom stereocenters. The van der Waals surface area contributed by atoms with Crippen molar-refractivity contribution in [1.82, 2.24) is 0 Å². The molecule has 0 saturated heterocycles. The van der Waals surface area contributed by atoms with E-state index in [1.54, 1.807) is 12.1 Å². The summed E-state index contributed by atoms with van der Waals surface area (Å²) in [5, 5.41) is 0. The van der Waals surface area contributed by atoms with E-state index >= 15 is 0 Å². The lowest BCUT2D eigenvalue weighted by Gasteiger charge is -2.15. The van der Waals surface area contributed by atoms with Gasteiger partial charge in [0.05, 0.1) is 0 Å². The number of rotatable bonds is 9. The van der Waals surface area contributed by atoms with Gasteiger partial charge in [0.2, 0.25) is 0 Å². The predicted molar refractivity (Wildman–Crippen MR) is 75.1 cm³/mol. The first-order valence-electron chi connectivity index (χ1n) is 6.34. The van der Waals surface area contributed by atoms with Crippen molar-refractivity contribution >= 4 is 10.4 Å². The van der Waals surface area contributed by atoms with Crippen LogP contribution in [0.5, 0.6) is 0 Å². The summed E-state index contributed by atoms with van der Waals surface area (Å²) in [6, 6.07) is 9.05. The van der Waals surface area contributed by atoms with Crippen molar-refractivity contribution in [3.63, 3.8) is 0 Å². The Kier molecular flexibility index (Phi) is 6.77. The van der Waals surface area contributed by atoms with Crippen LogP contribution in [0.3, 0.4) is 0 Å². The van der Waals surface area contributed by atoms with E-state index in [9.17, 15) is 8.42 Å². The molecule has 0 heterocycles. The molecule has 19 heavy (non-hydrogen) atoms. The average Bonchev–Trinajstić information content (AvgIpc) is 2.37. The van der Waals surface area contributed by atoms with Crippen molar-refractivity contribution in [1.29, 1.82) is 0 Å². The Balaban J connectivity index is 2.58. The first-order valence-corrected chi connectivity index (χ1v) is 7.71. The van der Waals surface area contributed by atoms with Gasteiger partial charge in [0.1, 0.15) is 6.10 Å². The lowest BCUT2D eigenvalue weighted by atomic mass is 10.0. The molecule has 1 aromatic rings. The standard InChI is InChI=1S/C14H20O4S/c1-2-3-4-5-9-12-14(18-19(15,16)17)13-10-7-6-8-11-13/h2,6-8,10-11,14H,1,3-5,9,12H2,(H,15,16,17). The van der Waals surface area contributed by atoms with Crippen LogP contribution in [0.1, 0.15) is 43.8 Å². The quantitative estimate of drug-likeness (QED) is 0.427. The minimum Gasteiger partial charge on any atom is -0.264 e. The van der Waals surface area contributed by atoms with E-state index in [1.165, 1.54) is 0 Å². The second-order valence-corrected chi connectivity index (χ2v) is 5.40. The van der Waals surface area contributed by atoms with Crippen LogP contribution in [0.2, 0.25) is 0 Å². The Morgan fingerprint density at radius 3 is 2.47 bits per heavy atom. The Labute approximate surface area is 115 Å². The third-order valence-electron chi connectivity index (χ3n) is 2.78. The largest absolute Gasteiger partial charge is 0.397 e. The highest BCUT2D eigenvalue weighted by Gasteiger charge is 2.18. The van der Waals surface area contributed by atoms with Crippen LogP contribution in [0.4, 0.5) is 0 Å². The van der Waals surface area contributed by atoms with Gasteiger partial charge in [0.25, 0.3) is 0 Å². The highest BCUT2D eigenvalue weighted by atomic mass is 32.3. The van der Waals surface area contributed by atoms with Crippen molar-refractivity contribution in [3.05, 3.63) is 48.6 Å². The zero-order valence-electron chi connectivity index (χ0n) is 10.9. The van der Waals surface area contributed by atoms with Gasteiger partial charge < -0.3 is 0 Å². The van der Waals surface area contributed by atoms with E-state index in [2.05, 4.69) is 6.58 Å². The molecule has 0 bridgehead atoms. The fourth-order valence-electron chi connectivity index (χ4n) is 1.88. The summed E-state index contributed by atoms with van der Waals surface area (Å²) in [5.74, 6) is 0. The highest BCUT2D eigenvalue weighted by Crippen LogP contribution is 2.25. The fourth-order valence-corrected chi connectivity index (χ4v) is 2.38. The molecule has 1 N–H and O–H groups in total. The summed E-state index contributed by atoms with van der Waals surface area (Å²) in [5.41, 5.74) is 0.754. The lowest BCUT2D eigenvalue weighted by molar-refractivity contribution is 0.171. The van der Waals surface area contributed by atoms with E-state index in [1.807, 2.05) is 24.3 Å². The molecule has 1 aromatic carbocycles. The summed E-state index contributed by atoms with van der Waals surface area (Å²) in [6.45, 7) is 3.65. The molecule has 4 nitrogen and oxygen atoms in total. The van der Waals surface area contributed by atoms with Gasteiger partial charge in [0.15, 0.2) is 0 Å². The van der Waals surface area contributed by atoms with Crippen LogP contribution in [0.25, 0.3) is 0 Å². The predicted octanol–water partition coefficient (Wildman–Crippen LogP) is 3.68. The maximum atomic E-state index is 10.9. The van der Waals surface area contributed by atoms with Crippen LogP contribution < -0.4 is 0 Å². The minimum absolute atomic E-state index is 0.556. The van der Waals surface area contributed by atoms with Crippen LogP contribution in [-0.4, -0.2) is 13.0 Å². The van der Waals surface area contributed by atoms with Gasteiger partial charge in [-0.05, 0) is 24.8 Å². The highest BCUT2D eigenvalue weighted by molar-refractivity contribution is 7.80. The van der Waals surface area contributed by atoms with E-state index in [0.717, 1.165) is 31.2 Å². The molecule has 0 radical (unpaired) electrons. The molecular weight excluding hydrogens is 264 g/mol. The normalized spacial score (nSPS) is 13.1. The first kappa shape index (κ1) is 15.9. The van der Waals surface area contributed by atoms with Crippen molar-refractivity contribution < 1.29 is 17.2 Å². The van der Waals surface area contributed by atoms with Crippen LogP contribution >= 0.6 is 0 Å². The van der Waals surface area contributed by atoms with Gasteiger partial charge in [-0.15, -0.1) is 6.58 Å². The second kappa shape index (κ2) is 8.09. The van der Waals surface area contributed by atoms with Crippen molar-refractivity contribution in [2.24, 2.45) is 0 Å². The average molecular weight is 284 g/mol. The van der Waals surface area contributed by atoms with Gasteiger partial charge in [-0.1, -0.05) is 49.2 Å². The maximum Gasteiger partial charge on any atom is 0.397 e. The monoisotopic (exact) mass is 284 g/mol. The Bertz CT molecular complexity index is 467. The number of benzene rings is 1. The van der Waals surface area contributed by atoms with E-state index < -0.39 is 16.5 Å². The van der Waals surface area contributed by atoms with Gasteiger partial charge in [-0.3, -0.25) is 4.55 Å². The molecule has 0 aliphatic heterocycles.